The fourth-order valence-electron chi connectivity index (χ4n) is 2.01. The molecule has 20 heavy (non-hydrogen) atoms. The van der Waals surface area contributed by atoms with Gasteiger partial charge in [-0.25, -0.2) is 8.42 Å². The van der Waals surface area contributed by atoms with Crippen LogP contribution in [0.2, 0.25) is 0 Å². The van der Waals surface area contributed by atoms with Gasteiger partial charge in [0, 0.05) is 5.88 Å². The van der Waals surface area contributed by atoms with E-state index in [1.165, 1.54) is 0 Å². The van der Waals surface area contributed by atoms with Crippen molar-refractivity contribution in [1.82, 2.24) is 0 Å². The highest BCUT2D eigenvalue weighted by molar-refractivity contribution is 7.92. The maximum absolute atomic E-state index is 12.7. The zero-order chi connectivity index (χ0) is 15.2. The second-order valence-corrected chi connectivity index (χ2v) is 7.45. The second-order valence-electron chi connectivity index (χ2n) is 4.94. The molecule has 1 aromatic rings. The minimum absolute atomic E-state index is 0.336. The molecule has 0 fully saturated rings. The molecule has 0 heterocycles. The summed E-state index contributed by atoms with van der Waals surface area (Å²) in [5.41, 5.74) is 1.64. The molecule has 2 nitrogen and oxygen atoms in total. The predicted octanol–water partition coefficient (Wildman–Crippen LogP) is 4.37. The fraction of sp³-hybridized carbons (Fsp3) is 0.375. The highest BCUT2D eigenvalue weighted by Gasteiger charge is 2.29. The Bertz CT molecular complexity index is 561. The zero-order valence-electron chi connectivity index (χ0n) is 11.8. The van der Waals surface area contributed by atoms with Crippen molar-refractivity contribution in [3.8, 4) is 0 Å². The van der Waals surface area contributed by atoms with Crippen LogP contribution in [-0.4, -0.2) is 19.5 Å². The quantitative estimate of drug-likeness (QED) is 0.527. The number of sulfone groups is 1. The van der Waals surface area contributed by atoms with Crippen LogP contribution in [0.3, 0.4) is 0 Å². The van der Waals surface area contributed by atoms with Crippen molar-refractivity contribution in [2.45, 2.75) is 36.3 Å². The number of hydrogen-bond acceptors (Lipinski definition) is 2. The van der Waals surface area contributed by atoms with Crippen molar-refractivity contribution in [2.24, 2.45) is 0 Å². The fourth-order valence-corrected chi connectivity index (χ4v) is 4.11. The lowest BCUT2D eigenvalue weighted by Crippen LogP contribution is -2.24. The average Bonchev–Trinajstić information content (AvgIpc) is 2.39. The van der Waals surface area contributed by atoms with E-state index in [9.17, 15) is 8.42 Å². The zero-order valence-corrected chi connectivity index (χ0v) is 13.4. The summed E-state index contributed by atoms with van der Waals surface area (Å²) < 4.78 is 25.5. The molecule has 1 atom stereocenters. The summed E-state index contributed by atoms with van der Waals surface area (Å²) in [6.45, 7) is 9.66. The van der Waals surface area contributed by atoms with Crippen LogP contribution in [0.25, 0.3) is 0 Å². The van der Waals surface area contributed by atoms with Crippen molar-refractivity contribution >= 4 is 21.4 Å². The van der Waals surface area contributed by atoms with E-state index in [0.29, 0.717) is 35.6 Å². The molecule has 0 aromatic heterocycles. The van der Waals surface area contributed by atoms with Gasteiger partial charge in [-0.2, -0.15) is 0 Å². The van der Waals surface area contributed by atoms with Crippen molar-refractivity contribution in [3.05, 3.63) is 54.6 Å². The summed E-state index contributed by atoms with van der Waals surface area (Å²) in [5.74, 6) is 0.382. The van der Waals surface area contributed by atoms with Crippen LogP contribution in [0.15, 0.2) is 59.5 Å². The van der Waals surface area contributed by atoms with E-state index in [-0.39, 0.29) is 0 Å². The maximum Gasteiger partial charge on any atom is 0.185 e. The summed E-state index contributed by atoms with van der Waals surface area (Å²) in [6, 6.07) is 8.50. The van der Waals surface area contributed by atoms with Gasteiger partial charge in [-0.1, -0.05) is 35.9 Å². The molecule has 1 rings (SSSR count). The SMILES string of the molecule is C=C(C)CCC(C(=C)CCCl)S(=O)(=O)c1ccccc1. The Balaban J connectivity index is 3.08. The van der Waals surface area contributed by atoms with Crippen molar-refractivity contribution in [3.63, 3.8) is 0 Å². The van der Waals surface area contributed by atoms with Gasteiger partial charge in [-0.05, 0) is 38.3 Å². The molecule has 0 aliphatic rings. The first-order valence-corrected chi connectivity index (χ1v) is 8.64. The lowest BCUT2D eigenvalue weighted by Gasteiger charge is -2.20. The number of allylic oxidation sites excluding steroid dienone is 1. The molecule has 1 aromatic carbocycles. The molecule has 110 valence electrons. The van der Waals surface area contributed by atoms with E-state index in [4.69, 9.17) is 11.6 Å². The van der Waals surface area contributed by atoms with Crippen molar-refractivity contribution < 1.29 is 8.42 Å². The first-order valence-electron chi connectivity index (χ1n) is 6.56. The highest BCUT2D eigenvalue weighted by atomic mass is 35.5. The number of benzene rings is 1. The van der Waals surface area contributed by atoms with Gasteiger partial charge in [0.1, 0.15) is 0 Å². The Kier molecular flexibility index (Phi) is 6.50. The van der Waals surface area contributed by atoms with E-state index in [1.807, 2.05) is 6.92 Å². The third-order valence-corrected chi connectivity index (χ3v) is 5.59. The molecule has 0 saturated carbocycles. The van der Waals surface area contributed by atoms with Gasteiger partial charge >= 0.3 is 0 Å². The van der Waals surface area contributed by atoms with Gasteiger partial charge in [0.15, 0.2) is 9.84 Å². The number of rotatable bonds is 8. The van der Waals surface area contributed by atoms with Gasteiger partial charge in [0.25, 0.3) is 0 Å². The van der Waals surface area contributed by atoms with Crippen LogP contribution in [0.5, 0.6) is 0 Å². The summed E-state index contributed by atoms with van der Waals surface area (Å²) in [7, 11) is -3.42. The molecule has 0 N–H and O–H groups in total. The lowest BCUT2D eigenvalue weighted by molar-refractivity contribution is 0.579. The molecule has 0 spiro atoms. The van der Waals surface area contributed by atoms with E-state index in [1.54, 1.807) is 30.3 Å². The summed E-state index contributed by atoms with van der Waals surface area (Å²) in [5, 5.41) is -0.597. The Morgan fingerprint density at radius 1 is 1.20 bits per heavy atom. The molecule has 0 aliphatic heterocycles. The second kappa shape index (κ2) is 7.65. The van der Waals surface area contributed by atoms with Crippen LogP contribution in [-0.2, 0) is 9.84 Å². The Morgan fingerprint density at radius 3 is 2.30 bits per heavy atom. The molecule has 4 heteroatoms. The highest BCUT2D eigenvalue weighted by Crippen LogP contribution is 2.27. The Hall–Kier alpha value is -1.06. The van der Waals surface area contributed by atoms with E-state index in [0.717, 1.165) is 5.57 Å². The molecule has 0 aliphatic carbocycles. The Morgan fingerprint density at radius 2 is 1.80 bits per heavy atom. The third kappa shape index (κ3) is 4.50. The van der Waals surface area contributed by atoms with E-state index < -0.39 is 15.1 Å². The van der Waals surface area contributed by atoms with Crippen molar-refractivity contribution in [2.75, 3.05) is 5.88 Å². The number of alkyl halides is 1. The molecule has 0 bridgehead atoms. The van der Waals surface area contributed by atoms with Gasteiger partial charge in [-0.15, -0.1) is 18.2 Å². The average molecular weight is 313 g/mol. The standard InChI is InChI=1S/C16H21ClO2S/c1-13(2)9-10-16(14(3)11-12-17)20(18,19)15-7-5-4-6-8-15/h4-8,16H,1,3,9-12H2,2H3. The largest absolute Gasteiger partial charge is 0.223 e. The van der Waals surface area contributed by atoms with Gasteiger partial charge in [-0.3, -0.25) is 0 Å². The minimum atomic E-state index is -3.42. The molecule has 0 amide bonds. The molecular weight excluding hydrogens is 292 g/mol. The lowest BCUT2D eigenvalue weighted by atomic mass is 10.0. The number of halogens is 1. The topological polar surface area (TPSA) is 34.1 Å². The summed E-state index contributed by atoms with van der Waals surface area (Å²) in [4.78, 5) is 0.336. The van der Waals surface area contributed by atoms with Gasteiger partial charge in [0.05, 0.1) is 10.1 Å². The Labute approximate surface area is 127 Å². The number of hydrogen-bond donors (Lipinski definition) is 0. The predicted molar refractivity (Wildman–Crippen MR) is 85.9 cm³/mol. The third-order valence-electron chi connectivity index (χ3n) is 3.15. The van der Waals surface area contributed by atoms with Gasteiger partial charge < -0.3 is 0 Å². The molecular formula is C16H21ClO2S. The maximum atomic E-state index is 12.7. The van der Waals surface area contributed by atoms with Crippen LogP contribution in [0, 0.1) is 0 Å². The van der Waals surface area contributed by atoms with Crippen LogP contribution >= 0.6 is 11.6 Å². The summed E-state index contributed by atoms with van der Waals surface area (Å²) >= 11 is 5.73. The molecule has 1 unspecified atom stereocenters. The first kappa shape index (κ1) is 17.0. The van der Waals surface area contributed by atoms with E-state index >= 15 is 0 Å². The van der Waals surface area contributed by atoms with Gasteiger partial charge in [0.2, 0.25) is 0 Å². The van der Waals surface area contributed by atoms with Crippen LogP contribution in [0.4, 0.5) is 0 Å². The van der Waals surface area contributed by atoms with Crippen LogP contribution < -0.4 is 0 Å². The normalized spacial score (nSPS) is 12.9. The molecule has 0 radical (unpaired) electrons. The first-order chi connectivity index (χ1) is 9.39. The van der Waals surface area contributed by atoms with Crippen LogP contribution in [0.1, 0.15) is 26.2 Å². The summed E-state index contributed by atoms with van der Waals surface area (Å²) in [6.07, 6.45) is 1.68. The van der Waals surface area contributed by atoms with E-state index in [2.05, 4.69) is 13.2 Å². The molecule has 0 saturated heterocycles. The smallest absolute Gasteiger partial charge is 0.185 e. The van der Waals surface area contributed by atoms with Crippen molar-refractivity contribution in [1.29, 1.82) is 0 Å². The minimum Gasteiger partial charge on any atom is -0.223 e. The monoisotopic (exact) mass is 312 g/mol.